The zero-order valence-electron chi connectivity index (χ0n) is 16.2. The predicted molar refractivity (Wildman–Crippen MR) is 64.0 cm³/mol. The van der Waals surface area contributed by atoms with Crippen LogP contribution in [-0.2, 0) is 9.31 Å². The normalized spacial score (nSPS) is 39.4. The Morgan fingerprint density at radius 1 is 1.47 bits per heavy atom. The highest BCUT2D eigenvalue weighted by Crippen LogP contribution is 2.37. The van der Waals surface area contributed by atoms with E-state index in [4.69, 9.17) is 17.5 Å². The van der Waals surface area contributed by atoms with Gasteiger partial charge in [-0.05, 0) is 40.4 Å². The number of hydrogen-bond donors (Lipinski definition) is 0. The van der Waals surface area contributed by atoms with E-state index in [2.05, 4.69) is 10.3 Å². The Balaban J connectivity index is 1.97. The highest BCUT2D eigenvalue weighted by Gasteiger charge is 2.53. The second-order valence-electron chi connectivity index (χ2n) is 5.19. The first-order chi connectivity index (χ1) is 10.2. The molecular weight excluding hydrogens is 217 g/mol. The highest BCUT2D eigenvalue weighted by molar-refractivity contribution is 6.61. The molecule has 2 fully saturated rings. The van der Waals surface area contributed by atoms with Crippen molar-refractivity contribution in [2.75, 3.05) is 0 Å². The van der Waals surface area contributed by atoms with Crippen LogP contribution in [0.3, 0.4) is 0 Å². The van der Waals surface area contributed by atoms with E-state index in [9.17, 15) is 0 Å². The summed E-state index contributed by atoms with van der Waals surface area (Å²) in [6.45, 7) is 7.35. The molecule has 0 spiro atoms. The summed E-state index contributed by atoms with van der Waals surface area (Å²) >= 11 is 0. The van der Waals surface area contributed by atoms with E-state index < -0.39 is 37.1 Å². The van der Waals surface area contributed by atoms with Crippen molar-refractivity contribution in [1.29, 1.82) is 0 Å². The van der Waals surface area contributed by atoms with Gasteiger partial charge in [-0.1, -0.05) is 5.21 Å². The van der Waals surface area contributed by atoms with Gasteiger partial charge in [-0.25, -0.2) is 4.68 Å². The van der Waals surface area contributed by atoms with Gasteiger partial charge in [0.15, 0.2) is 0 Å². The van der Waals surface area contributed by atoms with Gasteiger partial charge in [-0.2, -0.15) is 0 Å². The van der Waals surface area contributed by atoms with Crippen LogP contribution < -0.4 is 5.59 Å². The molecule has 2 aliphatic rings. The molecule has 1 aliphatic carbocycles. The first-order valence-corrected chi connectivity index (χ1v) is 5.49. The van der Waals surface area contributed by atoms with Crippen LogP contribution in [-0.4, -0.2) is 33.3 Å². The van der Waals surface area contributed by atoms with Gasteiger partial charge in [0.05, 0.1) is 20.0 Å². The van der Waals surface area contributed by atoms with Gasteiger partial charge >= 0.3 is 7.12 Å². The average Bonchev–Trinajstić information content (AvgIpc) is 2.75. The van der Waals surface area contributed by atoms with Crippen LogP contribution in [0.4, 0.5) is 0 Å². The van der Waals surface area contributed by atoms with E-state index in [0.29, 0.717) is 4.68 Å². The molecule has 6 heteroatoms. The van der Waals surface area contributed by atoms with Gasteiger partial charge in [-0.15, -0.1) is 5.10 Å². The molecule has 17 heavy (non-hydrogen) atoms. The van der Waals surface area contributed by atoms with E-state index in [0.717, 1.165) is 0 Å². The van der Waals surface area contributed by atoms with Crippen LogP contribution in [0.2, 0.25) is 0 Å². The average molecular weight is 241 g/mol. The van der Waals surface area contributed by atoms with Gasteiger partial charge < -0.3 is 9.31 Å². The minimum atomic E-state index is -2.46. The summed E-state index contributed by atoms with van der Waals surface area (Å²) in [5, 5.41) is 7.42. The maximum atomic E-state index is 8.12. The maximum absolute atomic E-state index is 8.12. The second-order valence-corrected chi connectivity index (χ2v) is 5.19. The predicted octanol–water partition coefficient (Wildman–Crippen LogP) is 0.912. The Morgan fingerprint density at radius 3 is 2.59 bits per heavy atom. The molecule has 1 aliphatic heterocycles. The van der Waals surface area contributed by atoms with Crippen molar-refractivity contribution < 1.29 is 17.5 Å². The summed E-state index contributed by atoms with van der Waals surface area (Å²) < 4.78 is 59.0. The van der Waals surface area contributed by atoms with Gasteiger partial charge in [0.2, 0.25) is 0 Å². The van der Waals surface area contributed by atoms with Crippen LogP contribution in [0.1, 0.15) is 54.7 Å². The summed E-state index contributed by atoms with van der Waals surface area (Å²) in [5.41, 5.74) is -1.28. The molecule has 1 saturated heterocycles. The Labute approximate surface area is 110 Å². The second kappa shape index (κ2) is 3.33. The van der Waals surface area contributed by atoms with E-state index in [1.807, 2.05) is 27.7 Å². The van der Waals surface area contributed by atoms with Crippen molar-refractivity contribution in [2.24, 2.45) is 0 Å². The third kappa shape index (κ3) is 1.79. The van der Waals surface area contributed by atoms with E-state index in [-0.39, 0.29) is 11.8 Å². The Hall–Kier alpha value is -0.875. The van der Waals surface area contributed by atoms with Gasteiger partial charge in [0.1, 0.15) is 5.59 Å². The zero-order valence-corrected chi connectivity index (χ0v) is 10.2. The third-order valence-electron chi connectivity index (χ3n) is 3.39. The summed E-state index contributed by atoms with van der Waals surface area (Å²) in [6.07, 6.45) is -5.31. The number of rotatable bonds is 2. The lowest BCUT2D eigenvalue weighted by Gasteiger charge is -2.32. The molecule has 1 aromatic heterocycles. The zero-order chi connectivity index (χ0) is 17.6. The number of hydrogen-bond acceptors (Lipinski definition) is 4. The molecular formula is C11H18BN3O2. The van der Waals surface area contributed by atoms with Crippen LogP contribution >= 0.6 is 0 Å². The smallest absolute Gasteiger partial charge is 0.398 e. The Morgan fingerprint density at radius 2 is 2.06 bits per heavy atom. The molecule has 5 nitrogen and oxygen atoms in total. The number of aromatic nitrogens is 3. The van der Waals surface area contributed by atoms with E-state index in [1.54, 1.807) is 0 Å². The quantitative estimate of drug-likeness (QED) is 0.722. The summed E-state index contributed by atoms with van der Waals surface area (Å²) in [6, 6.07) is -2.33. The molecule has 0 unspecified atom stereocenters. The molecule has 0 atom stereocenters. The van der Waals surface area contributed by atoms with Crippen LogP contribution in [0.25, 0.3) is 0 Å². The van der Waals surface area contributed by atoms with Crippen LogP contribution in [0.15, 0.2) is 6.17 Å². The minimum absolute atomic E-state index is 0.00813. The molecule has 92 valence electrons. The minimum Gasteiger partial charge on any atom is -0.398 e. The molecule has 0 N–H and O–H groups in total. The topological polar surface area (TPSA) is 49.2 Å². The first-order valence-electron chi connectivity index (χ1n) is 8.49. The van der Waals surface area contributed by atoms with Crippen molar-refractivity contribution >= 4 is 12.7 Å². The van der Waals surface area contributed by atoms with Crippen LogP contribution in [0, 0.1) is 0 Å². The fraction of sp³-hybridized carbons (Fsp3) is 0.818. The lowest BCUT2D eigenvalue weighted by molar-refractivity contribution is 0.00578. The van der Waals surface area contributed by atoms with E-state index in [1.165, 1.54) is 0 Å². The van der Waals surface area contributed by atoms with E-state index >= 15 is 0 Å². The van der Waals surface area contributed by atoms with Crippen LogP contribution in [0.5, 0.6) is 0 Å². The molecule has 1 saturated carbocycles. The lowest BCUT2D eigenvalue weighted by Crippen LogP contribution is -2.41. The maximum Gasteiger partial charge on any atom is 0.518 e. The third-order valence-corrected chi connectivity index (χ3v) is 3.39. The fourth-order valence-electron chi connectivity index (χ4n) is 1.54. The Kier molecular flexibility index (Phi) is 1.24. The van der Waals surface area contributed by atoms with Crippen molar-refractivity contribution in [3.8, 4) is 0 Å². The fourth-order valence-corrected chi connectivity index (χ4v) is 1.54. The Bertz CT molecular complexity index is 647. The lowest BCUT2D eigenvalue weighted by atomic mass is 9.86. The first kappa shape index (κ1) is 6.34. The van der Waals surface area contributed by atoms with Crippen molar-refractivity contribution in [3.63, 3.8) is 0 Å². The van der Waals surface area contributed by atoms with Gasteiger partial charge in [0, 0.05) is 11.7 Å². The molecule has 3 rings (SSSR count). The van der Waals surface area contributed by atoms with Gasteiger partial charge in [0.25, 0.3) is 0 Å². The molecule has 1 aromatic rings. The van der Waals surface area contributed by atoms with Crippen molar-refractivity contribution in [1.82, 2.24) is 15.0 Å². The summed E-state index contributed by atoms with van der Waals surface area (Å²) in [7, 11) is -0.972. The molecule has 0 amide bonds. The van der Waals surface area contributed by atoms with Gasteiger partial charge in [-0.3, -0.25) is 0 Å². The monoisotopic (exact) mass is 241 g/mol. The SMILES string of the molecule is [2H]c1c(B2OC(C)(C)C(C)(C)O2)nnn1C1([2H])C([2H])([2H])C1([2H])[2H]. The van der Waals surface area contributed by atoms with Crippen molar-refractivity contribution in [3.05, 3.63) is 6.17 Å². The largest absolute Gasteiger partial charge is 0.518 e. The molecule has 2 heterocycles. The number of nitrogens with zero attached hydrogens (tertiary/aromatic N) is 3. The highest BCUT2D eigenvalue weighted by atomic mass is 16.7. The molecule has 0 bridgehead atoms. The summed E-state index contributed by atoms with van der Waals surface area (Å²) in [5.74, 6) is 0. The van der Waals surface area contributed by atoms with Crippen molar-refractivity contribution in [2.45, 2.75) is 57.7 Å². The standard InChI is InChI=1S/C11H18BN3O2/c1-10(2)11(3,4)17-12(16-10)9-7-15(14-13-9)8-5-6-8/h7-8H,5-6H2,1-4H3/i5D2,6D2,7D,8D. The molecule has 0 radical (unpaired) electrons. The summed E-state index contributed by atoms with van der Waals surface area (Å²) in [4.78, 5) is 0. The molecule has 0 aromatic carbocycles.